The molecular weight excluding hydrogens is 260 g/mol. The molecule has 0 aliphatic carbocycles. The molecule has 1 N–H and O–H groups in total. The molecule has 2 fully saturated rings. The second-order valence-corrected chi connectivity index (χ2v) is 6.51. The van der Waals surface area contributed by atoms with Crippen molar-refractivity contribution in [3.63, 3.8) is 0 Å². The summed E-state index contributed by atoms with van der Waals surface area (Å²) in [5.41, 5.74) is 0.221. The van der Waals surface area contributed by atoms with E-state index >= 15 is 0 Å². The van der Waals surface area contributed by atoms with Gasteiger partial charge in [0.2, 0.25) is 0 Å². The van der Waals surface area contributed by atoms with Gasteiger partial charge in [0.25, 0.3) is 0 Å². The van der Waals surface area contributed by atoms with Crippen LogP contribution in [0, 0.1) is 5.41 Å². The second-order valence-electron chi connectivity index (χ2n) is 6.51. The summed E-state index contributed by atoms with van der Waals surface area (Å²) < 4.78 is 5.28. The number of ether oxygens (including phenoxy) is 1. The summed E-state index contributed by atoms with van der Waals surface area (Å²) in [5, 5.41) is 8.58. The first kappa shape index (κ1) is 15.1. The number of aliphatic carboxylic acids is 1. The third-order valence-electron chi connectivity index (χ3n) is 4.10. The number of rotatable bonds is 3. The third-order valence-corrected chi connectivity index (χ3v) is 4.10. The van der Waals surface area contributed by atoms with E-state index in [1.807, 2.05) is 9.80 Å². The van der Waals surface area contributed by atoms with E-state index in [9.17, 15) is 9.59 Å². The molecule has 0 bridgehead atoms. The predicted octanol–water partition coefficient (Wildman–Crippen LogP) is 1.40. The lowest BCUT2D eigenvalue weighted by molar-refractivity contribution is -0.145. The molecule has 2 rings (SSSR count). The number of hydrogen-bond donors (Lipinski definition) is 1. The molecule has 0 spiro atoms. The van der Waals surface area contributed by atoms with Crippen LogP contribution in [-0.2, 0) is 9.53 Å². The van der Waals surface area contributed by atoms with Crippen LogP contribution in [-0.4, -0.2) is 65.8 Å². The zero-order valence-electron chi connectivity index (χ0n) is 12.3. The first-order valence-corrected chi connectivity index (χ1v) is 7.25. The second kappa shape index (κ2) is 5.99. The van der Waals surface area contributed by atoms with Crippen molar-refractivity contribution in [3.8, 4) is 0 Å². The highest BCUT2D eigenvalue weighted by Crippen LogP contribution is 2.29. The SMILES string of the molecule is CC1(C)CCN(C(=O)N2CCC(OCC(=O)O)CC2)C1. The molecule has 6 heteroatoms. The highest BCUT2D eigenvalue weighted by atomic mass is 16.5. The first-order chi connectivity index (χ1) is 9.37. The van der Waals surface area contributed by atoms with Crippen molar-refractivity contribution in [1.29, 1.82) is 0 Å². The minimum atomic E-state index is -0.942. The summed E-state index contributed by atoms with van der Waals surface area (Å²) >= 11 is 0. The van der Waals surface area contributed by atoms with Crippen molar-refractivity contribution in [2.75, 3.05) is 32.8 Å². The third kappa shape index (κ3) is 3.85. The quantitative estimate of drug-likeness (QED) is 0.850. The molecule has 2 aliphatic heterocycles. The molecule has 114 valence electrons. The lowest BCUT2D eigenvalue weighted by atomic mass is 9.93. The Morgan fingerprint density at radius 2 is 1.85 bits per heavy atom. The Balaban J connectivity index is 1.76. The summed E-state index contributed by atoms with van der Waals surface area (Å²) in [5.74, 6) is -0.942. The molecule has 2 heterocycles. The molecule has 0 aromatic heterocycles. The van der Waals surface area contributed by atoms with Crippen molar-refractivity contribution in [3.05, 3.63) is 0 Å². The Bertz CT molecular complexity index is 375. The number of urea groups is 1. The maximum Gasteiger partial charge on any atom is 0.329 e. The summed E-state index contributed by atoms with van der Waals surface area (Å²) in [6.45, 7) is 7.08. The predicted molar refractivity (Wildman–Crippen MR) is 73.5 cm³/mol. The van der Waals surface area contributed by atoms with Gasteiger partial charge in [-0.25, -0.2) is 9.59 Å². The molecular formula is C14H24N2O4. The van der Waals surface area contributed by atoms with E-state index in [2.05, 4.69) is 13.8 Å². The zero-order chi connectivity index (χ0) is 14.8. The van der Waals surface area contributed by atoms with Crippen LogP contribution >= 0.6 is 0 Å². The van der Waals surface area contributed by atoms with Crippen LogP contribution in [0.2, 0.25) is 0 Å². The number of carbonyl (C=O) groups excluding carboxylic acids is 1. The maximum absolute atomic E-state index is 12.4. The van der Waals surface area contributed by atoms with E-state index < -0.39 is 5.97 Å². The highest BCUT2D eigenvalue weighted by Gasteiger charge is 2.35. The standard InChI is InChI=1S/C14H24N2O4/c1-14(2)5-8-16(10-14)13(19)15-6-3-11(4-7-15)20-9-12(17)18/h11H,3-10H2,1-2H3,(H,17,18). The van der Waals surface area contributed by atoms with Crippen molar-refractivity contribution in [1.82, 2.24) is 9.80 Å². The Morgan fingerprint density at radius 1 is 1.20 bits per heavy atom. The molecule has 20 heavy (non-hydrogen) atoms. The summed E-state index contributed by atoms with van der Waals surface area (Å²) in [6.07, 6.45) is 2.45. The average molecular weight is 284 g/mol. The van der Waals surface area contributed by atoms with Gasteiger partial charge in [0.05, 0.1) is 6.10 Å². The molecule has 2 aliphatic rings. The van der Waals surface area contributed by atoms with E-state index in [0.717, 1.165) is 32.4 Å². The largest absolute Gasteiger partial charge is 0.480 e. The van der Waals surface area contributed by atoms with Gasteiger partial charge in [-0.1, -0.05) is 13.8 Å². The fourth-order valence-electron chi connectivity index (χ4n) is 2.88. The van der Waals surface area contributed by atoms with Crippen LogP contribution in [0.25, 0.3) is 0 Å². The number of carboxylic acid groups (broad SMARTS) is 1. The summed E-state index contributed by atoms with van der Waals surface area (Å²) in [7, 11) is 0. The monoisotopic (exact) mass is 284 g/mol. The van der Waals surface area contributed by atoms with Crippen molar-refractivity contribution >= 4 is 12.0 Å². The highest BCUT2D eigenvalue weighted by molar-refractivity contribution is 5.75. The Labute approximate surface area is 119 Å². The minimum Gasteiger partial charge on any atom is -0.480 e. The van der Waals surface area contributed by atoms with E-state index in [-0.39, 0.29) is 24.2 Å². The van der Waals surface area contributed by atoms with Crippen molar-refractivity contribution < 1.29 is 19.4 Å². The molecule has 0 aromatic carbocycles. The van der Waals surface area contributed by atoms with Gasteiger partial charge in [-0.05, 0) is 24.7 Å². The number of amides is 2. The number of carbonyl (C=O) groups is 2. The normalized spacial score (nSPS) is 23.1. The zero-order valence-corrected chi connectivity index (χ0v) is 12.3. The van der Waals surface area contributed by atoms with Crippen molar-refractivity contribution in [2.45, 2.75) is 39.2 Å². The average Bonchev–Trinajstić information content (AvgIpc) is 2.76. The molecule has 2 amide bonds. The van der Waals surface area contributed by atoms with Gasteiger partial charge < -0.3 is 19.6 Å². The van der Waals surface area contributed by atoms with Gasteiger partial charge in [-0.3, -0.25) is 0 Å². The van der Waals surface area contributed by atoms with Gasteiger partial charge in [0.15, 0.2) is 0 Å². The van der Waals surface area contributed by atoms with Gasteiger partial charge >= 0.3 is 12.0 Å². The number of carboxylic acids is 1. The fraction of sp³-hybridized carbons (Fsp3) is 0.857. The molecule has 0 saturated carbocycles. The van der Waals surface area contributed by atoms with Crippen LogP contribution in [0.1, 0.15) is 33.1 Å². The van der Waals surface area contributed by atoms with Crippen LogP contribution in [0.4, 0.5) is 4.79 Å². The van der Waals surface area contributed by atoms with Crippen molar-refractivity contribution in [2.24, 2.45) is 5.41 Å². The minimum absolute atomic E-state index is 0.0369. The molecule has 0 unspecified atom stereocenters. The van der Waals surface area contributed by atoms with E-state index in [0.29, 0.717) is 13.1 Å². The van der Waals surface area contributed by atoms with Gasteiger partial charge in [0, 0.05) is 26.2 Å². The van der Waals surface area contributed by atoms with Crippen LogP contribution in [0.3, 0.4) is 0 Å². The lowest BCUT2D eigenvalue weighted by Gasteiger charge is -2.34. The summed E-state index contributed by atoms with van der Waals surface area (Å²) in [4.78, 5) is 26.6. The van der Waals surface area contributed by atoms with E-state index in [1.165, 1.54) is 0 Å². The van der Waals surface area contributed by atoms with Crippen LogP contribution < -0.4 is 0 Å². The maximum atomic E-state index is 12.4. The molecule has 2 saturated heterocycles. The number of hydrogen-bond acceptors (Lipinski definition) is 3. The Hall–Kier alpha value is -1.30. The lowest BCUT2D eigenvalue weighted by Crippen LogP contribution is -2.47. The van der Waals surface area contributed by atoms with Crippen LogP contribution in [0.5, 0.6) is 0 Å². The molecule has 0 radical (unpaired) electrons. The Morgan fingerprint density at radius 3 is 2.35 bits per heavy atom. The topological polar surface area (TPSA) is 70.1 Å². The molecule has 0 atom stereocenters. The number of nitrogens with zero attached hydrogens (tertiary/aromatic N) is 2. The van der Waals surface area contributed by atoms with Crippen LogP contribution in [0.15, 0.2) is 0 Å². The molecule has 6 nitrogen and oxygen atoms in total. The first-order valence-electron chi connectivity index (χ1n) is 7.25. The molecule has 0 aromatic rings. The number of likely N-dealkylation sites (tertiary alicyclic amines) is 2. The number of piperidine rings is 1. The van der Waals surface area contributed by atoms with Gasteiger partial charge in [-0.15, -0.1) is 0 Å². The van der Waals surface area contributed by atoms with Gasteiger partial charge in [-0.2, -0.15) is 0 Å². The van der Waals surface area contributed by atoms with E-state index in [4.69, 9.17) is 9.84 Å². The smallest absolute Gasteiger partial charge is 0.329 e. The summed E-state index contributed by atoms with van der Waals surface area (Å²) in [6, 6.07) is 0.118. The van der Waals surface area contributed by atoms with Gasteiger partial charge in [0.1, 0.15) is 6.61 Å². The fourth-order valence-corrected chi connectivity index (χ4v) is 2.88. The van der Waals surface area contributed by atoms with E-state index in [1.54, 1.807) is 0 Å². The Kier molecular flexibility index (Phi) is 4.52.